The Labute approximate surface area is 153 Å². The van der Waals surface area contributed by atoms with E-state index in [4.69, 9.17) is 18.9 Å². The Hall–Kier alpha value is -3.08. The summed E-state index contributed by atoms with van der Waals surface area (Å²) in [5.74, 6) is 2.69. The van der Waals surface area contributed by atoms with Crippen LogP contribution in [0.1, 0.15) is 5.56 Å². The van der Waals surface area contributed by atoms with E-state index in [0.717, 1.165) is 28.3 Å². The summed E-state index contributed by atoms with van der Waals surface area (Å²) in [7, 11) is 6.51. The van der Waals surface area contributed by atoms with E-state index >= 15 is 0 Å². The SMILES string of the molecule is COc1ccc(-c2cccn2-c2cc(OC)c(OC)c(OC)c2)cc1C. The highest BCUT2D eigenvalue weighted by Crippen LogP contribution is 2.40. The fraction of sp³-hybridized carbons (Fsp3) is 0.238. The maximum atomic E-state index is 5.48. The van der Waals surface area contributed by atoms with Crippen LogP contribution in [0.15, 0.2) is 48.7 Å². The number of methoxy groups -OCH3 is 4. The van der Waals surface area contributed by atoms with Gasteiger partial charge in [-0.05, 0) is 48.4 Å². The van der Waals surface area contributed by atoms with Gasteiger partial charge in [0.05, 0.1) is 39.8 Å². The average Bonchev–Trinajstić information content (AvgIpc) is 3.16. The molecule has 136 valence electrons. The Bertz CT molecular complexity index is 889. The number of aryl methyl sites for hydroxylation is 1. The van der Waals surface area contributed by atoms with Crippen LogP contribution >= 0.6 is 0 Å². The Balaban J connectivity index is 2.13. The second kappa shape index (κ2) is 7.44. The third-order valence-electron chi connectivity index (χ3n) is 4.37. The zero-order valence-electron chi connectivity index (χ0n) is 15.7. The summed E-state index contributed by atoms with van der Waals surface area (Å²) in [6.45, 7) is 2.04. The van der Waals surface area contributed by atoms with Gasteiger partial charge in [0.2, 0.25) is 5.75 Å². The van der Waals surface area contributed by atoms with Crippen LogP contribution in [0.2, 0.25) is 0 Å². The fourth-order valence-corrected chi connectivity index (χ4v) is 3.09. The van der Waals surface area contributed by atoms with Crippen molar-refractivity contribution in [3.05, 3.63) is 54.2 Å². The molecule has 5 heteroatoms. The van der Waals surface area contributed by atoms with Crippen molar-refractivity contribution in [3.63, 3.8) is 0 Å². The standard InChI is InChI=1S/C21H23NO4/c1-14-11-15(8-9-18(14)23-2)17-7-6-10-22(17)16-12-19(24-3)21(26-5)20(13-16)25-4/h6-13H,1-5H3. The van der Waals surface area contributed by atoms with Crippen molar-refractivity contribution in [2.75, 3.05) is 28.4 Å². The highest BCUT2D eigenvalue weighted by molar-refractivity contribution is 5.67. The molecule has 0 saturated heterocycles. The van der Waals surface area contributed by atoms with Gasteiger partial charge in [-0.3, -0.25) is 0 Å². The molecule has 2 aromatic carbocycles. The minimum Gasteiger partial charge on any atom is -0.496 e. The van der Waals surface area contributed by atoms with Gasteiger partial charge in [0.1, 0.15) is 5.75 Å². The fourth-order valence-electron chi connectivity index (χ4n) is 3.09. The maximum absolute atomic E-state index is 5.48. The predicted octanol–water partition coefficient (Wildman–Crippen LogP) is 4.49. The van der Waals surface area contributed by atoms with Crippen LogP contribution in [0.4, 0.5) is 0 Å². The molecule has 26 heavy (non-hydrogen) atoms. The Kier molecular flexibility index (Phi) is 5.07. The molecular formula is C21H23NO4. The molecule has 3 rings (SSSR count). The van der Waals surface area contributed by atoms with Crippen LogP contribution < -0.4 is 18.9 Å². The third kappa shape index (κ3) is 3.08. The minimum absolute atomic E-state index is 0.577. The summed E-state index contributed by atoms with van der Waals surface area (Å²) in [5.41, 5.74) is 4.17. The number of ether oxygens (including phenoxy) is 4. The number of hydrogen-bond donors (Lipinski definition) is 0. The molecule has 0 unspecified atom stereocenters. The molecule has 0 N–H and O–H groups in total. The van der Waals surface area contributed by atoms with Gasteiger partial charge < -0.3 is 23.5 Å². The zero-order chi connectivity index (χ0) is 18.7. The van der Waals surface area contributed by atoms with Gasteiger partial charge in [-0.15, -0.1) is 0 Å². The smallest absolute Gasteiger partial charge is 0.203 e. The maximum Gasteiger partial charge on any atom is 0.203 e. The highest BCUT2D eigenvalue weighted by atomic mass is 16.5. The monoisotopic (exact) mass is 353 g/mol. The van der Waals surface area contributed by atoms with E-state index in [1.807, 2.05) is 37.4 Å². The summed E-state index contributed by atoms with van der Waals surface area (Å²) < 4.78 is 23.8. The number of rotatable bonds is 6. The first kappa shape index (κ1) is 17.7. The van der Waals surface area contributed by atoms with Gasteiger partial charge in [0.15, 0.2) is 11.5 Å². The molecule has 0 aliphatic heterocycles. The van der Waals surface area contributed by atoms with E-state index in [1.54, 1.807) is 28.4 Å². The molecule has 0 atom stereocenters. The quantitative estimate of drug-likeness (QED) is 0.655. The lowest BCUT2D eigenvalue weighted by atomic mass is 10.1. The van der Waals surface area contributed by atoms with Gasteiger partial charge in [-0.25, -0.2) is 0 Å². The first-order valence-corrected chi connectivity index (χ1v) is 8.25. The number of aromatic nitrogens is 1. The lowest BCUT2D eigenvalue weighted by molar-refractivity contribution is 0.324. The van der Waals surface area contributed by atoms with Gasteiger partial charge in [-0.1, -0.05) is 0 Å². The third-order valence-corrected chi connectivity index (χ3v) is 4.37. The molecule has 0 bridgehead atoms. The summed E-state index contributed by atoms with van der Waals surface area (Å²) in [5, 5.41) is 0. The van der Waals surface area contributed by atoms with E-state index in [1.165, 1.54) is 0 Å². The molecular weight excluding hydrogens is 330 g/mol. The number of nitrogens with zero attached hydrogens (tertiary/aromatic N) is 1. The first-order valence-electron chi connectivity index (χ1n) is 8.25. The van der Waals surface area contributed by atoms with Crippen molar-refractivity contribution < 1.29 is 18.9 Å². The van der Waals surface area contributed by atoms with Gasteiger partial charge >= 0.3 is 0 Å². The van der Waals surface area contributed by atoms with Crippen LogP contribution in [0.25, 0.3) is 16.9 Å². The molecule has 0 fully saturated rings. The van der Waals surface area contributed by atoms with E-state index in [9.17, 15) is 0 Å². The number of benzene rings is 2. The van der Waals surface area contributed by atoms with Crippen LogP contribution in [-0.4, -0.2) is 33.0 Å². The van der Waals surface area contributed by atoms with Crippen LogP contribution in [0.5, 0.6) is 23.0 Å². The molecule has 0 amide bonds. The van der Waals surface area contributed by atoms with E-state index in [0.29, 0.717) is 17.2 Å². The van der Waals surface area contributed by atoms with E-state index < -0.39 is 0 Å². The Morgan fingerprint density at radius 3 is 1.92 bits per heavy atom. The van der Waals surface area contributed by atoms with Crippen molar-refractivity contribution >= 4 is 0 Å². The van der Waals surface area contributed by atoms with Gasteiger partial charge in [0.25, 0.3) is 0 Å². The molecule has 3 aromatic rings. The van der Waals surface area contributed by atoms with Crippen LogP contribution in [-0.2, 0) is 0 Å². The highest BCUT2D eigenvalue weighted by Gasteiger charge is 2.16. The second-order valence-corrected chi connectivity index (χ2v) is 5.83. The average molecular weight is 353 g/mol. The number of hydrogen-bond acceptors (Lipinski definition) is 4. The van der Waals surface area contributed by atoms with Crippen molar-refractivity contribution in [1.82, 2.24) is 4.57 Å². The lowest BCUT2D eigenvalue weighted by Crippen LogP contribution is -2.00. The Morgan fingerprint density at radius 2 is 1.38 bits per heavy atom. The summed E-state index contributed by atoms with van der Waals surface area (Å²) in [6, 6.07) is 14.1. The van der Waals surface area contributed by atoms with Crippen molar-refractivity contribution in [3.8, 4) is 39.9 Å². The van der Waals surface area contributed by atoms with Gasteiger partial charge in [0, 0.05) is 18.3 Å². The molecule has 0 spiro atoms. The molecule has 0 radical (unpaired) electrons. The van der Waals surface area contributed by atoms with Crippen LogP contribution in [0.3, 0.4) is 0 Å². The van der Waals surface area contributed by atoms with Gasteiger partial charge in [-0.2, -0.15) is 0 Å². The minimum atomic E-state index is 0.577. The lowest BCUT2D eigenvalue weighted by Gasteiger charge is -2.16. The van der Waals surface area contributed by atoms with Crippen molar-refractivity contribution in [1.29, 1.82) is 0 Å². The molecule has 0 aliphatic carbocycles. The van der Waals surface area contributed by atoms with Crippen LogP contribution in [0, 0.1) is 6.92 Å². The summed E-state index contributed by atoms with van der Waals surface area (Å²) in [4.78, 5) is 0. The molecule has 5 nitrogen and oxygen atoms in total. The zero-order valence-corrected chi connectivity index (χ0v) is 15.7. The second-order valence-electron chi connectivity index (χ2n) is 5.83. The van der Waals surface area contributed by atoms with E-state index in [2.05, 4.69) is 22.8 Å². The van der Waals surface area contributed by atoms with E-state index in [-0.39, 0.29) is 0 Å². The molecule has 0 aliphatic rings. The van der Waals surface area contributed by atoms with Crippen molar-refractivity contribution in [2.45, 2.75) is 6.92 Å². The first-order chi connectivity index (χ1) is 12.6. The molecule has 1 aromatic heterocycles. The predicted molar refractivity (Wildman–Crippen MR) is 102 cm³/mol. The normalized spacial score (nSPS) is 10.5. The summed E-state index contributed by atoms with van der Waals surface area (Å²) >= 11 is 0. The summed E-state index contributed by atoms with van der Waals surface area (Å²) in [6.07, 6.45) is 2.01. The molecule has 0 saturated carbocycles. The van der Waals surface area contributed by atoms with Crippen molar-refractivity contribution in [2.24, 2.45) is 0 Å². The Morgan fingerprint density at radius 1 is 0.731 bits per heavy atom. The topological polar surface area (TPSA) is 41.9 Å². The largest absolute Gasteiger partial charge is 0.496 e. The molecule has 1 heterocycles.